The zero-order valence-corrected chi connectivity index (χ0v) is 17.7. The van der Waals surface area contributed by atoms with Gasteiger partial charge in [0.15, 0.2) is 0 Å². The van der Waals surface area contributed by atoms with Crippen molar-refractivity contribution in [2.75, 3.05) is 43.1 Å². The molecule has 1 fully saturated rings. The minimum atomic E-state index is 0.158. The van der Waals surface area contributed by atoms with Gasteiger partial charge in [-0.1, -0.05) is 36.4 Å². The van der Waals surface area contributed by atoms with Crippen LogP contribution in [0.15, 0.2) is 42.5 Å². The van der Waals surface area contributed by atoms with Crippen LogP contribution in [0, 0.1) is 11.3 Å². The van der Waals surface area contributed by atoms with Gasteiger partial charge in [0.1, 0.15) is 5.82 Å². The molecule has 0 saturated carbocycles. The highest BCUT2D eigenvalue weighted by Gasteiger charge is 2.28. The van der Waals surface area contributed by atoms with Crippen molar-refractivity contribution >= 4 is 22.3 Å². The third kappa shape index (κ3) is 3.75. The predicted octanol–water partition coefficient (Wildman–Crippen LogP) is 2.89. The molecule has 0 bridgehead atoms. The molecule has 3 aromatic rings. The van der Waals surface area contributed by atoms with E-state index < -0.39 is 0 Å². The van der Waals surface area contributed by atoms with Crippen molar-refractivity contribution in [2.24, 2.45) is 0 Å². The monoisotopic (exact) mass is 414 g/mol. The Morgan fingerprint density at radius 2 is 2.00 bits per heavy atom. The predicted molar refractivity (Wildman–Crippen MR) is 122 cm³/mol. The summed E-state index contributed by atoms with van der Waals surface area (Å²) in [6, 6.07) is 17.8. The number of hydrogen-bond donors (Lipinski definition) is 1. The van der Waals surface area contributed by atoms with E-state index in [0.29, 0.717) is 12.4 Å². The highest BCUT2D eigenvalue weighted by atomic mass is 16.5. The number of piperazine rings is 1. The lowest BCUT2D eigenvalue weighted by atomic mass is 10.0. The zero-order valence-electron chi connectivity index (χ0n) is 17.7. The molecule has 0 spiro atoms. The van der Waals surface area contributed by atoms with E-state index in [1.165, 1.54) is 22.0 Å². The SMILES string of the molecule is COc1nc2c(c(N3CCNC(CC#N)C3)n1)CCN(c1cccc3ccccc13)C2. The summed E-state index contributed by atoms with van der Waals surface area (Å²) in [5.41, 5.74) is 3.46. The van der Waals surface area contributed by atoms with Gasteiger partial charge in [0.2, 0.25) is 0 Å². The first-order valence-electron chi connectivity index (χ1n) is 10.8. The molecule has 1 saturated heterocycles. The molecular weight excluding hydrogens is 388 g/mol. The van der Waals surface area contributed by atoms with Gasteiger partial charge in [0.05, 0.1) is 31.8 Å². The summed E-state index contributed by atoms with van der Waals surface area (Å²) in [6.45, 7) is 4.12. The van der Waals surface area contributed by atoms with Crippen LogP contribution in [0.3, 0.4) is 0 Å². The summed E-state index contributed by atoms with van der Waals surface area (Å²) in [5.74, 6) is 0.962. The van der Waals surface area contributed by atoms with E-state index in [2.05, 4.69) is 63.7 Å². The minimum absolute atomic E-state index is 0.158. The van der Waals surface area contributed by atoms with E-state index in [1.807, 2.05) is 0 Å². The molecule has 1 N–H and O–H groups in total. The van der Waals surface area contributed by atoms with Gasteiger partial charge in [-0.3, -0.25) is 0 Å². The van der Waals surface area contributed by atoms with Crippen LogP contribution >= 0.6 is 0 Å². The van der Waals surface area contributed by atoms with Crippen LogP contribution in [0.1, 0.15) is 17.7 Å². The van der Waals surface area contributed by atoms with Crippen LogP contribution in [0.25, 0.3) is 10.8 Å². The Kier molecular flexibility index (Phi) is 5.31. The van der Waals surface area contributed by atoms with Crippen molar-refractivity contribution in [1.29, 1.82) is 5.26 Å². The first-order valence-corrected chi connectivity index (χ1v) is 10.8. The Bertz CT molecular complexity index is 1140. The lowest BCUT2D eigenvalue weighted by molar-refractivity contribution is 0.375. The van der Waals surface area contributed by atoms with Gasteiger partial charge in [-0.2, -0.15) is 15.2 Å². The van der Waals surface area contributed by atoms with Gasteiger partial charge in [-0.15, -0.1) is 0 Å². The Balaban J connectivity index is 1.49. The second-order valence-corrected chi connectivity index (χ2v) is 8.09. The lowest BCUT2D eigenvalue weighted by Crippen LogP contribution is -2.51. The zero-order chi connectivity index (χ0) is 21.2. The van der Waals surface area contributed by atoms with E-state index in [0.717, 1.165) is 50.7 Å². The Morgan fingerprint density at radius 3 is 2.87 bits per heavy atom. The summed E-state index contributed by atoms with van der Waals surface area (Å²) >= 11 is 0. The van der Waals surface area contributed by atoms with E-state index in [4.69, 9.17) is 20.0 Å². The number of benzene rings is 2. The van der Waals surface area contributed by atoms with Crippen LogP contribution < -0.4 is 19.9 Å². The normalized spacial score (nSPS) is 18.5. The van der Waals surface area contributed by atoms with Gasteiger partial charge >= 0.3 is 6.01 Å². The molecule has 2 aromatic carbocycles. The Hall–Kier alpha value is -3.37. The Morgan fingerprint density at radius 1 is 1.13 bits per heavy atom. The standard InChI is InChI=1S/C24H26N6O/c1-31-24-27-21-16-29(22-8-4-6-17-5-2-3-7-19(17)22)13-10-20(21)23(28-24)30-14-12-26-18(15-30)9-11-25/h2-8,18,26H,9-10,12-16H2,1H3. The molecule has 158 valence electrons. The Labute approximate surface area is 182 Å². The van der Waals surface area contributed by atoms with E-state index in [-0.39, 0.29) is 6.04 Å². The fraction of sp³-hybridized carbons (Fsp3) is 0.375. The van der Waals surface area contributed by atoms with Crippen molar-refractivity contribution < 1.29 is 4.74 Å². The smallest absolute Gasteiger partial charge is 0.318 e. The number of nitriles is 1. The van der Waals surface area contributed by atoms with Crippen molar-refractivity contribution in [3.63, 3.8) is 0 Å². The average molecular weight is 415 g/mol. The maximum absolute atomic E-state index is 9.10. The molecule has 7 heteroatoms. The fourth-order valence-electron chi connectivity index (χ4n) is 4.70. The van der Waals surface area contributed by atoms with Gasteiger partial charge in [-0.05, 0) is 17.9 Å². The quantitative estimate of drug-likeness (QED) is 0.703. The average Bonchev–Trinajstić information content (AvgIpc) is 2.83. The van der Waals surface area contributed by atoms with Gasteiger partial charge in [0.25, 0.3) is 0 Å². The first-order chi connectivity index (χ1) is 15.3. The maximum Gasteiger partial charge on any atom is 0.318 e. The van der Waals surface area contributed by atoms with E-state index in [1.54, 1.807) is 7.11 Å². The number of rotatable bonds is 4. The van der Waals surface area contributed by atoms with Crippen LogP contribution in [0.5, 0.6) is 6.01 Å². The minimum Gasteiger partial charge on any atom is -0.467 e. The van der Waals surface area contributed by atoms with Crippen molar-refractivity contribution in [2.45, 2.75) is 25.4 Å². The van der Waals surface area contributed by atoms with Crippen LogP contribution in [0.4, 0.5) is 11.5 Å². The van der Waals surface area contributed by atoms with Crippen LogP contribution in [0.2, 0.25) is 0 Å². The molecule has 2 aliphatic heterocycles. The molecule has 5 rings (SSSR count). The number of ether oxygens (including phenoxy) is 1. The summed E-state index contributed by atoms with van der Waals surface area (Å²) < 4.78 is 5.46. The van der Waals surface area contributed by atoms with Crippen LogP contribution in [-0.4, -0.2) is 49.3 Å². The number of anilines is 2. The molecular formula is C24H26N6O. The molecule has 2 aliphatic rings. The van der Waals surface area contributed by atoms with E-state index in [9.17, 15) is 0 Å². The number of aromatic nitrogens is 2. The molecule has 0 radical (unpaired) electrons. The number of methoxy groups -OCH3 is 1. The fourth-order valence-corrected chi connectivity index (χ4v) is 4.70. The molecule has 3 heterocycles. The second-order valence-electron chi connectivity index (χ2n) is 8.09. The summed E-state index contributed by atoms with van der Waals surface area (Å²) in [4.78, 5) is 14.1. The number of nitrogens with one attached hydrogen (secondary N) is 1. The maximum atomic E-state index is 9.10. The third-order valence-corrected chi connectivity index (χ3v) is 6.21. The van der Waals surface area contributed by atoms with Crippen molar-refractivity contribution in [1.82, 2.24) is 15.3 Å². The topological polar surface area (TPSA) is 77.3 Å². The van der Waals surface area contributed by atoms with Gasteiger partial charge < -0.3 is 19.9 Å². The molecule has 1 atom stereocenters. The molecule has 1 unspecified atom stereocenters. The third-order valence-electron chi connectivity index (χ3n) is 6.21. The highest BCUT2D eigenvalue weighted by Crippen LogP contribution is 2.34. The van der Waals surface area contributed by atoms with Gasteiger partial charge in [-0.25, -0.2) is 0 Å². The number of hydrogen-bond acceptors (Lipinski definition) is 7. The summed E-state index contributed by atoms with van der Waals surface area (Å²) in [7, 11) is 1.62. The first kappa shape index (κ1) is 19.6. The lowest BCUT2D eigenvalue weighted by Gasteiger charge is -2.37. The second kappa shape index (κ2) is 8.40. The highest BCUT2D eigenvalue weighted by molar-refractivity contribution is 5.94. The molecule has 1 aromatic heterocycles. The van der Waals surface area contributed by atoms with Gasteiger partial charge in [0, 0.05) is 48.9 Å². The van der Waals surface area contributed by atoms with Crippen molar-refractivity contribution in [3.8, 4) is 12.1 Å². The molecule has 0 amide bonds. The largest absolute Gasteiger partial charge is 0.467 e. The molecule has 7 nitrogen and oxygen atoms in total. The number of fused-ring (bicyclic) bond motifs is 2. The van der Waals surface area contributed by atoms with Crippen molar-refractivity contribution in [3.05, 3.63) is 53.7 Å². The van der Waals surface area contributed by atoms with Crippen LogP contribution in [-0.2, 0) is 13.0 Å². The molecule has 0 aliphatic carbocycles. The van der Waals surface area contributed by atoms with E-state index >= 15 is 0 Å². The summed E-state index contributed by atoms with van der Waals surface area (Å²) in [6.07, 6.45) is 1.38. The summed E-state index contributed by atoms with van der Waals surface area (Å²) in [5, 5.41) is 15.0. The molecule has 31 heavy (non-hydrogen) atoms. The number of nitrogens with zero attached hydrogens (tertiary/aromatic N) is 5.